The van der Waals surface area contributed by atoms with Crippen LogP contribution in [-0.4, -0.2) is 27.5 Å². The lowest BCUT2D eigenvalue weighted by molar-refractivity contribution is -0.123. The van der Waals surface area contributed by atoms with Gasteiger partial charge >= 0.3 is 0 Å². The first-order chi connectivity index (χ1) is 9.75. The number of primary sulfonamides is 1. The van der Waals surface area contributed by atoms with Crippen LogP contribution in [0.3, 0.4) is 0 Å². The molecule has 0 saturated carbocycles. The largest absolute Gasteiger partial charge is 0.479 e. The molecule has 10 heteroatoms. The fourth-order valence-electron chi connectivity index (χ4n) is 1.33. The van der Waals surface area contributed by atoms with Crippen LogP contribution < -0.4 is 15.2 Å². The number of carbonyl (C=O) groups excluding carboxylic acids is 1. The number of ether oxygens (including phenoxy) is 1. The summed E-state index contributed by atoms with van der Waals surface area (Å²) in [6.07, 6.45) is 0.0685. The van der Waals surface area contributed by atoms with E-state index in [0.29, 0.717) is 12.1 Å². The first kappa shape index (κ1) is 16.8. The van der Waals surface area contributed by atoms with E-state index in [1.165, 1.54) is 0 Å². The fraction of sp³-hybridized carbons (Fsp3) is 0.273. The molecule has 0 radical (unpaired) electrons. The normalized spacial score (nSPS) is 10.8. The summed E-state index contributed by atoms with van der Waals surface area (Å²) >= 11 is 0. The number of amides is 1. The van der Waals surface area contributed by atoms with E-state index in [1.807, 2.05) is 0 Å². The van der Waals surface area contributed by atoms with Gasteiger partial charge in [0.25, 0.3) is 5.91 Å². The number of nitrogens with two attached hydrogens (primary N) is 1. The van der Waals surface area contributed by atoms with E-state index >= 15 is 0 Å². The molecule has 0 unspecified atom stereocenters. The van der Waals surface area contributed by atoms with Gasteiger partial charge in [-0.15, -0.1) is 0 Å². The number of carbonyl (C=O) groups is 1. The second-order valence-electron chi connectivity index (χ2n) is 3.81. The minimum absolute atomic E-state index is 0.0621. The molecule has 114 valence electrons. The van der Waals surface area contributed by atoms with Gasteiger partial charge in [-0.3, -0.25) is 4.79 Å². The summed E-state index contributed by atoms with van der Waals surface area (Å²) in [7, 11) is -4.43. The number of benzene rings is 1. The Morgan fingerprint density at radius 2 is 2.10 bits per heavy atom. The summed E-state index contributed by atoms with van der Waals surface area (Å²) in [6.45, 7) is -0.650. The summed E-state index contributed by atoms with van der Waals surface area (Å²) in [6, 6.07) is 2.68. The first-order valence-corrected chi connectivity index (χ1v) is 7.08. The van der Waals surface area contributed by atoms with Gasteiger partial charge in [0.05, 0.1) is 12.5 Å². The van der Waals surface area contributed by atoms with Gasteiger partial charge in [-0.25, -0.2) is 22.3 Å². The highest BCUT2D eigenvalue weighted by molar-refractivity contribution is 7.89. The van der Waals surface area contributed by atoms with Crippen molar-refractivity contribution < 1.29 is 26.7 Å². The van der Waals surface area contributed by atoms with E-state index in [2.05, 4.69) is 5.32 Å². The molecule has 0 bridgehead atoms. The van der Waals surface area contributed by atoms with Crippen LogP contribution in [0.1, 0.15) is 6.42 Å². The average molecular weight is 319 g/mol. The molecule has 0 aliphatic heterocycles. The summed E-state index contributed by atoms with van der Waals surface area (Å²) < 4.78 is 53.8. The van der Waals surface area contributed by atoms with Gasteiger partial charge in [0, 0.05) is 12.6 Å². The molecule has 0 saturated heterocycles. The quantitative estimate of drug-likeness (QED) is 0.716. The van der Waals surface area contributed by atoms with Crippen molar-refractivity contribution in [1.82, 2.24) is 5.32 Å². The Morgan fingerprint density at radius 1 is 1.43 bits per heavy atom. The molecule has 0 fully saturated rings. The monoisotopic (exact) mass is 319 g/mol. The van der Waals surface area contributed by atoms with Crippen LogP contribution in [0, 0.1) is 23.0 Å². The molecular weight excluding hydrogens is 308 g/mol. The van der Waals surface area contributed by atoms with Crippen LogP contribution in [0.4, 0.5) is 8.78 Å². The number of halogens is 2. The number of hydrogen-bond donors (Lipinski definition) is 2. The third-order valence-electron chi connectivity index (χ3n) is 2.19. The maximum absolute atomic E-state index is 13.5. The van der Waals surface area contributed by atoms with Crippen molar-refractivity contribution in [3.8, 4) is 11.8 Å². The van der Waals surface area contributed by atoms with E-state index in [9.17, 15) is 22.0 Å². The predicted octanol–water partition coefficient (Wildman–Crippen LogP) is 0.0209. The molecule has 3 N–H and O–H groups in total. The second kappa shape index (κ2) is 6.96. The highest BCUT2D eigenvalue weighted by Gasteiger charge is 2.22. The Labute approximate surface area is 119 Å². The molecule has 1 aromatic rings. The number of nitrogens with one attached hydrogen (secondary N) is 1. The zero-order valence-electron chi connectivity index (χ0n) is 10.6. The van der Waals surface area contributed by atoms with Gasteiger partial charge in [0.15, 0.2) is 18.2 Å². The maximum Gasteiger partial charge on any atom is 0.257 e. The average Bonchev–Trinajstić information content (AvgIpc) is 2.36. The van der Waals surface area contributed by atoms with Gasteiger partial charge in [-0.05, 0) is 6.07 Å². The van der Waals surface area contributed by atoms with Crippen molar-refractivity contribution in [3.63, 3.8) is 0 Å². The molecule has 7 nitrogen and oxygen atoms in total. The van der Waals surface area contributed by atoms with Crippen molar-refractivity contribution in [3.05, 3.63) is 23.8 Å². The van der Waals surface area contributed by atoms with Crippen molar-refractivity contribution in [2.24, 2.45) is 5.14 Å². The van der Waals surface area contributed by atoms with E-state index in [0.717, 1.165) is 0 Å². The van der Waals surface area contributed by atoms with Crippen molar-refractivity contribution in [1.29, 1.82) is 5.26 Å². The van der Waals surface area contributed by atoms with Gasteiger partial charge in [-0.1, -0.05) is 0 Å². The summed E-state index contributed by atoms with van der Waals surface area (Å²) in [5.74, 6) is -3.99. The molecule has 0 atom stereocenters. The van der Waals surface area contributed by atoms with Gasteiger partial charge in [0.2, 0.25) is 10.0 Å². The Kier molecular flexibility index (Phi) is 5.57. The summed E-state index contributed by atoms with van der Waals surface area (Å²) in [5, 5.41) is 15.4. The van der Waals surface area contributed by atoms with E-state index in [4.69, 9.17) is 15.1 Å². The minimum Gasteiger partial charge on any atom is -0.479 e. The van der Waals surface area contributed by atoms with Crippen LogP contribution in [0.2, 0.25) is 0 Å². The molecule has 0 aromatic heterocycles. The Hall–Kier alpha value is -2.25. The van der Waals surface area contributed by atoms with Gasteiger partial charge in [-0.2, -0.15) is 5.26 Å². The molecule has 0 aliphatic carbocycles. The number of rotatable bonds is 6. The summed E-state index contributed by atoms with van der Waals surface area (Å²) in [5.41, 5.74) is 0. The standard InChI is InChI=1S/C11H11F2N3O4S/c12-7-4-8(13)11(9(5-7)21(15,18)19)20-6-10(17)16-3-1-2-14/h4-5H,1,3,6H2,(H,16,17)(H2,15,18,19). The first-order valence-electron chi connectivity index (χ1n) is 5.54. The smallest absolute Gasteiger partial charge is 0.257 e. The van der Waals surface area contributed by atoms with Crippen molar-refractivity contribution >= 4 is 15.9 Å². The minimum atomic E-state index is -4.43. The highest BCUT2D eigenvalue weighted by Crippen LogP contribution is 2.27. The third-order valence-corrected chi connectivity index (χ3v) is 3.10. The van der Waals surface area contributed by atoms with Crippen LogP contribution in [-0.2, 0) is 14.8 Å². The van der Waals surface area contributed by atoms with E-state index in [-0.39, 0.29) is 13.0 Å². The molecule has 1 rings (SSSR count). The molecular formula is C11H11F2N3O4S. The molecule has 0 spiro atoms. The van der Waals surface area contributed by atoms with Crippen molar-refractivity contribution in [2.75, 3.05) is 13.2 Å². The van der Waals surface area contributed by atoms with Gasteiger partial charge in [0.1, 0.15) is 10.7 Å². The lowest BCUT2D eigenvalue weighted by Gasteiger charge is -2.11. The lowest BCUT2D eigenvalue weighted by Crippen LogP contribution is -2.30. The van der Waals surface area contributed by atoms with Crippen LogP contribution in [0.15, 0.2) is 17.0 Å². The molecule has 0 aliphatic rings. The van der Waals surface area contributed by atoms with Crippen LogP contribution >= 0.6 is 0 Å². The zero-order chi connectivity index (χ0) is 16.0. The topological polar surface area (TPSA) is 122 Å². The number of hydrogen-bond acceptors (Lipinski definition) is 5. The van der Waals surface area contributed by atoms with E-state index < -0.39 is 44.8 Å². The third kappa shape index (κ3) is 4.97. The SMILES string of the molecule is N#CCCNC(=O)COc1c(F)cc(F)cc1S(N)(=O)=O. The number of nitrogens with zero attached hydrogens (tertiary/aromatic N) is 1. The number of sulfonamides is 1. The van der Waals surface area contributed by atoms with Crippen LogP contribution in [0.5, 0.6) is 5.75 Å². The molecule has 1 amide bonds. The van der Waals surface area contributed by atoms with Gasteiger partial charge < -0.3 is 10.1 Å². The number of nitriles is 1. The highest BCUT2D eigenvalue weighted by atomic mass is 32.2. The maximum atomic E-state index is 13.5. The van der Waals surface area contributed by atoms with Crippen LogP contribution in [0.25, 0.3) is 0 Å². The van der Waals surface area contributed by atoms with E-state index in [1.54, 1.807) is 6.07 Å². The molecule has 1 aromatic carbocycles. The fourth-order valence-corrected chi connectivity index (χ4v) is 2.03. The zero-order valence-corrected chi connectivity index (χ0v) is 11.4. The molecule has 21 heavy (non-hydrogen) atoms. The van der Waals surface area contributed by atoms with Crippen molar-refractivity contribution in [2.45, 2.75) is 11.3 Å². The predicted molar refractivity (Wildman–Crippen MR) is 66.5 cm³/mol. The Bertz CT molecular complexity index is 685. The second-order valence-corrected chi connectivity index (χ2v) is 5.34. The lowest BCUT2D eigenvalue weighted by atomic mass is 10.3. The Balaban J connectivity index is 2.89. The molecule has 0 heterocycles. The Morgan fingerprint density at radius 3 is 2.67 bits per heavy atom. The summed E-state index contributed by atoms with van der Waals surface area (Å²) in [4.78, 5) is 10.4.